The number of nitriles is 1. The van der Waals surface area contributed by atoms with E-state index in [4.69, 9.17) is 34.8 Å². The molecular weight excluding hydrogens is 475 g/mol. The fourth-order valence-corrected chi connectivity index (χ4v) is 5.51. The number of hydrogen-bond donors (Lipinski definition) is 1. The molecule has 0 unspecified atom stereocenters. The van der Waals surface area contributed by atoms with E-state index < -0.39 is 16.1 Å². The van der Waals surface area contributed by atoms with Gasteiger partial charge in [-0.3, -0.25) is 0 Å². The van der Waals surface area contributed by atoms with E-state index in [1.807, 2.05) is 18.2 Å². The van der Waals surface area contributed by atoms with Crippen molar-refractivity contribution >= 4 is 44.8 Å². The molecule has 0 amide bonds. The number of halogens is 3. The molecule has 3 aromatic rings. The van der Waals surface area contributed by atoms with Crippen molar-refractivity contribution in [3.05, 3.63) is 98.5 Å². The van der Waals surface area contributed by atoms with Crippen LogP contribution in [0.5, 0.6) is 0 Å². The molecule has 0 bridgehead atoms. The third-order valence-electron chi connectivity index (χ3n) is 4.90. The number of hydrogen-bond acceptors (Lipinski definition) is 3. The van der Waals surface area contributed by atoms with Crippen molar-refractivity contribution in [1.29, 1.82) is 5.26 Å². The lowest BCUT2D eigenvalue weighted by atomic mass is 9.86. The Balaban J connectivity index is 1.95. The first-order valence-electron chi connectivity index (χ1n) is 9.41. The molecule has 0 saturated carbocycles. The maximum atomic E-state index is 13.0. The van der Waals surface area contributed by atoms with E-state index in [2.05, 4.69) is 10.8 Å². The number of benzene rings is 3. The maximum absolute atomic E-state index is 13.0. The van der Waals surface area contributed by atoms with Crippen molar-refractivity contribution in [1.82, 2.24) is 4.72 Å². The number of rotatable bonds is 7. The van der Waals surface area contributed by atoms with E-state index in [0.717, 1.165) is 11.1 Å². The molecule has 4 nitrogen and oxygen atoms in total. The third-order valence-corrected chi connectivity index (χ3v) is 7.13. The predicted octanol–water partition coefficient (Wildman–Crippen LogP) is 6.21. The monoisotopic (exact) mass is 492 g/mol. The summed E-state index contributed by atoms with van der Waals surface area (Å²) in [5, 5.41) is 10.4. The quantitative estimate of drug-likeness (QED) is 0.425. The van der Waals surface area contributed by atoms with Crippen LogP contribution in [-0.2, 0) is 16.4 Å². The van der Waals surface area contributed by atoms with E-state index in [0.29, 0.717) is 17.0 Å². The number of nitrogens with zero attached hydrogens (tertiary/aromatic N) is 1. The molecule has 0 heterocycles. The zero-order valence-corrected chi connectivity index (χ0v) is 19.6. The Morgan fingerprint density at radius 3 is 2.19 bits per heavy atom. The summed E-state index contributed by atoms with van der Waals surface area (Å²) < 4.78 is 28.8. The second kappa shape index (κ2) is 10.0. The molecule has 0 fully saturated rings. The van der Waals surface area contributed by atoms with E-state index >= 15 is 0 Å². The van der Waals surface area contributed by atoms with Gasteiger partial charge in [0.2, 0.25) is 10.0 Å². The molecule has 0 aliphatic heterocycles. The summed E-state index contributed by atoms with van der Waals surface area (Å²) in [4.78, 5) is -0.00660. The van der Waals surface area contributed by atoms with Crippen LogP contribution in [0, 0.1) is 11.3 Å². The van der Waals surface area contributed by atoms with Crippen molar-refractivity contribution < 1.29 is 8.42 Å². The van der Waals surface area contributed by atoms with Gasteiger partial charge in [0.15, 0.2) is 0 Å². The molecule has 0 aliphatic carbocycles. The average molecular weight is 494 g/mol. The van der Waals surface area contributed by atoms with E-state index in [9.17, 15) is 13.7 Å². The first-order valence-corrected chi connectivity index (χ1v) is 12.0. The van der Waals surface area contributed by atoms with Crippen molar-refractivity contribution in [2.24, 2.45) is 0 Å². The van der Waals surface area contributed by atoms with Gasteiger partial charge in [-0.25, -0.2) is 13.1 Å². The van der Waals surface area contributed by atoms with Crippen LogP contribution in [-0.4, -0.2) is 14.5 Å². The van der Waals surface area contributed by atoms with E-state index in [-0.39, 0.29) is 20.9 Å². The molecule has 0 aromatic heterocycles. The summed E-state index contributed by atoms with van der Waals surface area (Å²) >= 11 is 18.0. The van der Waals surface area contributed by atoms with Crippen LogP contribution >= 0.6 is 34.8 Å². The highest BCUT2D eigenvalue weighted by Gasteiger charge is 2.26. The molecule has 0 aliphatic rings. The summed E-state index contributed by atoms with van der Waals surface area (Å²) in [6.07, 6.45) is 0.548. The topological polar surface area (TPSA) is 70.0 Å². The van der Waals surface area contributed by atoms with Gasteiger partial charge in [0, 0.05) is 27.0 Å². The van der Waals surface area contributed by atoms with E-state index in [1.165, 1.54) is 18.2 Å². The minimum atomic E-state index is -3.88. The fourth-order valence-electron chi connectivity index (χ4n) is 3.38. The van der Waals surface area contributed by atoms with Crippen molar-refractivity contribution in [2.75, 3.05) is 0 Å². The highest BCUT2D eigenvalue weighted by molar-refractivity contribution is 7.89. The Hall–Kier alpha value is -2.07. The van der Waals surface area contributed by atoms with E-state index in [1.54, 1.807) is 37.3 Å². The van der Waals surface area contributed by atoms with Crippen LogP contribution in [0.2, 0.25) is 15.1 Å². The molecule has 8 heteroatoms. The Labute approximate surface area is 197 Å². The lowest BCUT2D eigenvalue weighted by Gasteiger charge is -2.26. The molecule has 2 atom stereocenters. The minimum absolute atomic E-state index is 0.00660. The zero-order chi connectivity index (χ0) is 22.6. The van der Waals surface area contributed by atoms with Gasteiger partial charge < -0.3 is 0 Å². The highest BCUT2D eigenvalue weighted by Crippen LogP contribution is 2.28. The Bertz CT molecular complexity index is 1200. The van der Waals surface area contributed by atoms with Gasteiger partial charge >= 0.3 is 0 Å². The molecule has 0 radical (unpaired) electrons. The predicted molar refractivity (Wildman–Crippen MR) is 125 cm³/mol. The lowest BCUT2D eigenvalue weighted by molar-refractivity contribution is 0.503. The standard InChI is InChI=1S/C23H19Cl3N2O2S/c1-15(28-31(29,30)22-12-20(25)11-21(26)13-22)23(10-16-5-7-19(24)8-6-16)18-4-2-3-17(9-18)14-27/h2-9,11-13,15,23,28H,10H2,1H3/t15-,23+/m0/s1. The summed E-state index contributed by atoms with van der Waals surface area (Å²) in [6, 6.07) is 20.4. The SMILES string of the molecule is C[C@H](NS(=O)(=O)c1cc(Cl)cc(Cl)c1)[C@@H](Cc1ccc(Cl)cc1)c1cccc(C#N)c1. The molecule has 160 valence electrons. The molecule has 31 heavy (non-hydrogen) atoms. The summed E-state index contributed by atoms with van der Waals surface area (Å²) in [7, 11) is -3.88. The van der Waals surface area contributed by atoms with Gasteiger partial charge in [0.25, 0.3) is 0 Å². The van der Waals surface area contributed by atoms with Gasteiger partial charge in [-0.05, 0) is 66.9 Å². The summed E-state index contributed by atoms with van der Waals surface area (Å²) in [6.45, 7) is 1.79. The van der Waals surface area contributed by atoms with Crippen molar-refractivity contribution in [2.45, 2.75) is 30.2 Å². The average Bonchev–Trinajstić information content (AvgIpc) is 2.72. The first kappa shape index (κ1) is 23.6. The molecule has 0 spiro atoms. The second-order valence-electron chi connectivity index (χ2n) is 7.19. The summed E-state index contributed by atoms with van der Waals surface area (Å²) in [5.41, 5.74) is 2.36. The smallest absolute Gasteiger partial charge is 0.208 e. The largest absolute Gasteiger partial charge is 0.240 e. The first-order chi connectivity index (χ1) is 14.7. The third kappa shape index (κ3) is 6.22. The van der Waals surface area contributed by atoms with Gasteiger partial charge in [0.05, 0.1) is 16.5 Å². The number of nitrogens with one attached hydrogen (secondary N) is 1. The summed E-state index contributed by atoms with van der Waals surface area (Å²) in [5.74, 6) is -0.237. The maximum Gasteiger partial charge on any atom is 0.240 e. The second-order valence-corrected chi connectivity index (χ2v) is 10.2. The van der Waals surface area contributed by atoms with Crippen molar-refractivity contribution in [3.63, 3.8) is 0 Å². The lowest BCUT2D eigenvalue weighted by Crippen LogP contribution is -2.38. The highest BCUT2D eigenvalue weighted by atomic mass is 35.5. The van der Waals surface area contributed by atoms with Crippen LogP contribution in [0.15, 0.2) is 71.6 Å². The number of sulfonamides is 1. The van der Waals surface area contributed by atoms with Gasteiger partial charge in [0.1, 0.15) is 0 Å². The van der Waals surface area contributed by atoms with Gasteiger partial charge in [-0.15, -0.1) is 0 Å². The van der Waals surface area contributed by atoms with Crippen LogP contribution in [0.25, 0.3) is 0 Å². The zero-order valence-electron chi connectivity index (χ0n) is 16.5. The Kier molecular flexibility index (Phi) is 7.64. The van der Waals surface area contributed by atoms with Gasteiger partial charge in [-0.2, -0.15) is 5.26 Å². The Morgan fingerprint density at radius 1 is 0.935 bits per heavy atom. The molecule has 1 N–H and O–H groups in total. The van der Waals surface area contributed by atoms with Crippen LogP contribution in [0.3, 0.4) is 0 Å². The van der Waals surface area contributed by atoms with Gasteiger partial charge in [-0.1, -0.05) is 59.1 Å². The van der Waals surface area contributed by atoms with Crippen LogP contribution < -0.4 is 4.72 Å². The normalized spacial score (nSPS) is 13.4. The molecule has 3 aromatic carbocycles. The van der Waals surface area contributed by atoms with Crippen molar-refractivity contribution in [3.8, 4) is 6.07 Å². The Morgan fingerprint density at radius 2 is 1.58 bits per heavy atom. The fraction of sp³-hybridized carbons (Fsp3) is 0.174. The minimum Gasteiger partial charge on any atom is -0.208 e. The molecular formula is C23H19Cl3N2O2S. The van der Waals surface area contributed by atoms with Crippen LogP contribution in [0.4, 0.5) is 0 Å². The van der Waals surface area contributed by atoms with Crippen LogP contribution in [0.1, 0.15) is 29.5 Å². The molecule has 0 saturated heterocycles. The molecule has 3 rings (SSSR count).